The molecule has 7 heteroatoms. The van der Waals surface area contributed by atoms with E-state index in [1.165, 1.54) is 0 Å². The van der Waals surface area contributed by atoms with Crippen LogP contribution in [0.1, 0.15) is 36.8 Å². The van der Waals surface area contributed by atoms with Crippen LogP contribution in [0.25, 0.3) is 0 Å². The summed E-state index contributed by atoms with van der Waals surface area (Å²) in [6.07, 6.45) is -1.97. The molecule has 0 spiro atoms. The molecule has 0 radical (unpaired) electrons. The van der Waals surface area contributed by atoms with Crippen LogP contribution in [-0.4, -0.2) is 11.4 Å². The highest BCUT2D eigenvalue weighted by Gasteiger charge is 2.38. The van der Waals surface area contributed by atoms with Crippen molar-refractivity contribution in [3.63, 3.8) is 0 Å². The number of amides is 1. The molecule has 116 valence electrons. The zero-order chi connectivity index (χ0) is 15.7. The Balaban J connectivity index is 2.12. The molecule has 0 heterocycles. The smallest absolute Gasteiger partial charge is 0.350 e. The van der Waals surface area contributed by atoms with Gasteiger partial charge in [-0.25, -0.2) is 4.39 Å². The lowest BCUT2D eigenvalue weighted by molar-refractivity contribution is -0.138. The fourth-order valence-corrected chi connectivity index (χ4v) is 2.55. The number of hydrogen-bond acceptors (Lipinski definition) is 2. The largest absolute Gasteiger partial charge is 0.416 e. The summed E-state index contributed by atoms with van der Waals surface area (Å²) < 4.78 is 51.5. The summed E-state index contributed by atoms with van der Waals surface area (Å²) in [6, 6.07) is 2.38. The Morgan fingerprint density at radius 1 is 1.29 bits per heavy atom. The summed E-state index contributed by atoms with van der Waals surface area (Å²) in [4.78, 5) is 12.0. The molecule has 0 bridgehead atoms. The van der Waals surface area contributed by atoms with Gasteiger partial charge in [0, 0.05) is 6.54 Å². The highest BCUT2D eigenvalue weighted by molar-refractivity contribution is 5.86. The zero-order valence-corrected chi connectivity index (χ0v) is 11.3. The third-order valence-corrected chi connectivity index (χ3v) is 3.76. The van der Waals surface area contributed by atoms with Gasteiger partial charge in [-0.2, -0.15) is 13.2 Å². The molecule has 3 nitrogen and oxygen atoms in total. The number of nitrogens with one attached hydrogen (secondary N) is 1. The second-order valence-electron chi connectivity index (χ2n) is 5.35. The van der Waals surface area contributed by atoms with Crippen LogP contribution >= 0.6 is 0 Å². The van der Waals surface area contributed by atoms with Crippen molar-refractivity contribution in [1.29, 1.82) is 0 Å². The van der Waals surface area contributed by atoms with E-state index in [2.05, 4.69) is 5.32 Å². The minimum atomic E-state index is -4.67. The van der Waals surface area contributed by atoms with Gasteiger partial charge in [0.25, 0.3) is 0 Å². The predicted octanol–water partition coefficient (Wildman–Crippen LogP) is 2.73. The van der Waals surface area contributed by atoms with Crippen LogP contribution in [0.5, 0.6) is 0 Å². The monoisotopic (exact) mass is 304 g/mol. The van der Waals surface area contributed by atoms with Gasteiger partial charge >= 0.3 is 6.18 Å². The molecule has 0 aromatic heterocycles. The Morgan fingerprint density at radius 3 is 2.48 bits per heavy atom. The van der Waals surface area contributed by atoms with Gasteiger partial charge in [0.2, 0.25) is 5.91 Å². The van der Waals surface area contributed by atoms with E-state index in [0.29, 0.717) is 18.9 Å². The third kappa shape index (κ3) is 3.53. The molecule has 1 aromatic carbocycles. The summed E-state index contributed by atoms with van der Waals surface area (Å²) >= 11 is 0. The molecule has 1 amide bonds. The maximum atomic E-state index is 13.0. The molecule has 0 saturated heterocycles. The minimum absolute atomic E-state index is 0.182. The first-order chi connectivity index (χ1) is 9.72. The number of halogens is 4. The average molecular weight is 304 g/mol. The SMILES string of the molecule is NC1(C(=O)NCc2ccc(F)cc2C(F)(F)F)CCCC1. The number of rotatable bonds is 3. The van der Waals surface area contributed by atoms with Gasteiger partial charge in [-0.05, 0) is 30.5 Å². The van der Waals surface area contributed by atoms with Gasteiger partial charge in [-0.1, -0.05) is 18.9 Å². The van der Waals surface area contributed by atoms with Crippen LogP contribution in [0.2, 0.25) is 0 Å². The summed E-state index contributed by atoms with van der Waals surface area (Å²) in [6.45, 7) is -0.326. The van der Waals surface area contributed by atoms with Crippen molar-refractivity contribution in [2.24, 2.45) is 5.73 Å². The summed E-state index contributed by atoms with van der Waals surface area (Å²) in [5.74, 6) is -1.43. The third-order valence-electron chi connectivity index (χ3n) is 3.76. The molecule has 0 atom stereocenters. The van der Waals surface area contributed by atoms with E-state index >= 15 is 0 Å². The standard InChI is InChI=1S/C14H16F4N2O/c15-10-4-3-9(11(7-10)14(16,17)18)8-20-12(21)13(19)5-1-2-6-13/h3-4,7H,1-2,5-6,8,19H2,(H,20,21). The van der Waals surface area contributed by atoms with Gasteiger partial charge in [-0.3, -0.25) is 4.79 Å². The van der Waals surface area contributed by atoms with Crippen LogP contribution in [-0.2, 0) is 17.5 Å². The minimum Gasteiger partial charge on any atom is -0.350 e. The van der Waals surface area contributed by atoms with Crippen molar-refractivity contribution in [3.8, 4) is 0 Å². The second-order valence-corrected chi connectivity index (χ2v) is 5.35. The number of benzene rings is 1. The number of nitrogens with two attached hydrogens (primary N) is 1. The first-order valence-corrected chi connectivity index (χ1v) is 6.65. The Morgan fingerprint density at radius 2 is 1.90 bits per heavy atom. The molecule has 1 saturated carbocycles. The maximum Gasteiger partial charge on any atom is 0.416 e. The normalized spacial score (nSPS) is 17.8. The van der Waals surface area contributed by atoms with E-state index in [1.807, 2.05) is 0 Å². The van der Waals surface area contributed by atoms with Crippen LogP contribution < -0.4 is 11.1 Å². The first-order valence-electron chi connectivity index (χ1n) is 6.65. The molecular formula is C14H16F4N2O. The molecule has 0 unspecified atom stereocenters. The number of hydrogen-bond donors (Lipinski definition) is 2. The summed E-state index contributed by atoms with van der Waals surface area (Å²) in [5, 5.41) is 2.43. The second kappa shape index (κ2) is 5.63. The van der Waals surface area contributed by atoms with Gasteiger partial charge in [0.1, 0.15) is 5.82 Å². The van der Waals surface area contributed by atoms with Crippen molar-refractivity contribution in [2.75, 3.05) is 0 Å². The van der Waals surface area contributed by atoms with Gasteiger partial charge < -0.3 is 11.1 Å². The van der Waals surface area contributed by atoms with Crippen molar-refractivity contribution in [1.82, 2.24) is 5.32 Å². The van der Waals surface area contributed by atoms with E-state index in [9.17, 15) is 22.4 Å². The van der Waals surface area contributed by atoms with Crippen molar-refractivity contribution >= 4 is 5.91 Å². The lowest BCUT2D eigenvalue weighted by Gasteiger charge is -2.23. The van der Waals surface area contributed by atoms with Gasteiger partial charge in [-0.15, -0.1) is 0 Å². The molecule has 1 fully saturated rings. The van der Waals surface area contributed by atoms with Crippen molar-refractivity contribution in [3.05, 3.63) is 35.1 Å². The molecule has 3 N–H and O–H groups in total. The Kier molecular flexibility index (Phi) is 4.22. The highest BCUT2D eigenvalue weighted by atomic mass is 19.4. The first kappa shape index (κ1) is 15.8. The predicted molar refractivity (Wildman–Crippen MR) is 68.6 cm³/mol. The molecule has 1 aliphatic rings. The van der Waals surface area contributed by atoms with Crippen LogP contribution in [0, 0.1) is 5.82 Å². The van der Waals surface area contributed by atoms with Crippen LogP contribution in [0.15, 0.2) is 18.2 Å². The summed E-state index contributed by atoms with van der Waals surface area (Å²) in [7, 11) is 0. The average Bonchev–Trinajstić information content (AvgIpc) is 2.84. The molecule has 1 aromatic rings. The zero-order valence-electron chi connectivity index (χ0n) is 11.3. The van der Waals surface area contributed by atoms with Gasteiger partial charge in [0.15, 0.2) is 0 Å². The van der Waals surface area contributed by atoms with Crippen molar-refractivity contribution < 1.29 is 22.4 Å². The fourth-order valence-electron chi connectivity index (χ4n) is 2.55. The topological polar surface area (TPSA) is 55.1 Å². The fraction of sp³-hybridized carbons (Fsp3) is 0.500. The lowest BCUT2D eigenvalue weighted by Crippen LogP contribution is -2.51. The number of carbonyl (C=O) groups is 1. The molecule has 1 aliphatic carbocycles. The van der Waals surface area contributed by atoms with Crippen LogP contribution in [0.3, 0.4) is 0 Å². The molecular weight excluding hydrogens is 288 g/mol. The van der Waals surface area contributed by atoms with E-state index in [4.69, 9.17) is 5.73 Å². The Hall–Kier alpha value is -1.63. The van der Waals surface area contributed by atoms with E-state index in [1.54, 1.807) is 0 Å². The van der Waals surface area contributed by atoms with Gasteiger partial charge in [0.05, 0.1) is 11.1 Å². The molecule has 21 heavy (non-hydrogen) atoms. The van der Waals surface area contributed by atoms with E-state index in [0.717, 1.165) is 25.0 Å². The van der Waals surface area contributed by atoms with Crippen LogP contribution in [0.4, 0.5) is 17.6 Å². The van der Waals surface area contributed by atoms with Crippen molar-refractivity contribution in [2.45, 2.75) is 43.9 Å². The number of carbonyl (C=O) groups excluding carboxylic acids is 1. The lowest BCUT2D eigenvalue weighted by atomic mass is 9.98. The van der Waals surface area contributed by atoms with E-state index < -0.39 is 29.0 Å². The number of alkyl halides is 3. The Bertz CT molecular complexity index is 536. The highest BCUT2D eigenvalue weighted by Crippen LogP contribution is 2.33. The quantitative estimate of drug-likeness (QED) is 0.844. The Labute approximate surface area is 119 Å². The molecule has 2 rings (SSSR count). The molecule has 0 aliphatic heterocycles. The summed E-state index contributed by atoms with van der Waals surface area (Å²) in [5.41, 5.74) is 3.65. The van der Waals surface area contributed by atoms with E-state index in [-0.39, 0.29) is 12.1 Å². The maximum absolute atomic E-state index is 13.0.